The number of carbonyl (C=O) groups excluding carboxylic acids is 2. The summed E-state index contributed by atoms with van der Waals surface area (Å²) in [6.45, 7) is 12.6. The second-order valence-electron chi connectivity index (χ2n) is 14.4. The molecular weight excluding hydrogens is 614 g/mol. The number of hydrogen-bond donors (Lipinski definition) is 2. The van der Waals surface area contributed by atoms with E-state index in [0.717, 1.165) is 80.3 Å². The average Bonchev–Trinajstić information content (AvgIpc) is 3.82. The monoisotopic (exact) mass is 655 g/mol. The van der Waals surface area contributed by atoms with Gasteiger partial charge in [0.05, 0.1) is 46.1 Å². The number of imidazole rings is 2. The fourth-order valence-electron chi connectivity index (χ4n) is 6.45. The molecule has 2 atom stereocenters. The normalized spacial score (nSPS) is 18.9. The molecule has 47 heavy (non-hydrogen) atoms. The number of rotatable bonds is 4. The van der Waals surface area contributed by atoms with Gasteiger partial charge in [0.25, 0.3) is 0 Å². The van der Waals surface area contributed by atoms with Crippen molar-refractivity contribution >= 4 is 44.5 Å². The molecule has 0 aliphatic carbocycles. The van der Waals surface area contributed by atoms with Gasteiger partial charge in [-0.25, -0.2) is 24.5 Å². The summed E-state index contributed by atoms with van der Waals surface area (Å²) < 4.78 is 12.4. The topological polar surface area (TPSA) is 129 Å². The first-order chi connectivity index (χ1) is 22.3. The van der Waals surface area contributed by atoms with E-state index in [1.807, 2.05) is 53.9 Å². The highest BCUT2D eigenvalue weighted by Crippen LogP contribution is 2.38. The van der Waals surface area contributed by atoms with Crippen LogP contribution in [-0.2, 0) is 9.47 Å². The van der Waals surface area contributed by atoms with Gasteiger partial charge in [-0.05, 0) is 84.7 Å². The van der Waals surface area contributed by atoms with E-state index in [4.69, 9.17) is 14.5 Å². The van der Waals surface area contributed by atoms with Crippen LogP contribution < -0.4 is 0 Å². The van der Waals surface area contributed by atoms with Crippen LogP contribution in [0, 0.1) is 0 Å². The first-order valence-corrected chi connectivity index (χ1v) is 17.1. The number of fused-ring (bicyclic) bond motifs is 3. The minimum absolute atomic E-state index is 0.135. The summed E-state index contributed by atoms with van der Waals surface area (Å²) in [6.07, 6.45) is 6.52. The molecule has 7 rings (SSSR count). The molecule has 0 spiro atoms. The zero-order valence-corrected chi connectivity index (χ0v) is 28.5. The lowest BCUT2D eigenvalue weighted by Crippen LogP contribution is -2.36. The Morgan fingerprint density at radius 2 is 1.38 bits per heavy atom. The van der Waals surface area contributed by atoms with Crippen LogP contribution in [0.15, 0.2) is 42.7 Å². The van der Waals surface area contributed by atoms with E-state index >= 15 is 0 Å². The second-order valence-corrected chi connectivity index (χ2v) is 15.4. The molecule has 0 radical (unpaired) electrons. The Labute approximate surface area is 277 Å². The van der Waals surface area contributed by atoms with Crippen molar-refractivity contribution in [2.45, 2.75) is 90.5 Å². The molecule has 0 bridgehead atoms. The van der Waals surface area contributed by atoms with Crippen LogP contribution in [0.25, 0.3) is 42.9 Å². The molecule has 2 aromatic carbocycles. The van der Waals surface area contributed by atoms with Crippen LogP contribution in [0.5, 0.6) is 0 Å². The van der Waals surface area contributed by atoms with Gasteiger partial charge in [0.1, 0.15) is 27.9 Å². The van der Waals surface area contributed by atoms with Crippen molar-refractivity contribution in [1.82, 2.24) is 34.7 Å². The Bertz CT molecular complexity index is 1960. The van der Waals surface area contributed by atoms with E-state index in [0.29, 0.717) is 13.1 Å². The van der Waals surface area contributed by atoms with Crippen molar-refractivity contribution in [3.05, 3.63) is 54.4 Å². The average molecular weight is 656 g/mol. The van der Waals surface area contributed by atoms with Gasteiger partial charge < -0.3 is 19.4 Å². The molecule has 246 valence electrons. The molecule has 0 saturated carbocycles. The zero-order valence-electron chi connectivity index (χ0n) is 27.7. The van der Waals surface area contributed by atoms with Crippen LogP contribution in [0.1, 0.15) is 91.0 Å². The summed E-state index contributed by atoms with van der Waals surface area (Å²) in [6, 6.07) is 10.3. The predicted molar refractivity (Wildman–Crippen MR) is 182 cm³/mol. The lowest BCUT2D eigenvalue weighted by atomic mass is 10.0. The van der Waals surface area contributed by atoms with Crippen LogP contribution in [-0.4, -0.2) is 71.2 Å². The number of thiazole rings is 1. The quantitative estimate of drug-likeness (QED) is 0.199. The molecule has 3 aromatic heterocycles. The summed E-state index contributed by atoms with van der Waals surface area (Å²) in [5, 5.41) is 2.98. The van der Waals surface area contributed by atoms with Crippen molar-refractivity contribution in [2.75, 3.05) is 13.1 Å². The van der Waals surface area contributed by atoms with E-state index in [1.54, 1.807) is 21.1 Å². The molecule has 2 unspecified atom stereocenters. The summed E-state index contributed by atoms with van der Waals surface area (Å²) in [4.78, 5) is 50.5. The van der Waals surface area contributed by atoms with Crippen molar-refractivity contribution in [3.63, 3.8) is 0 Å². The number of benzene rings is 2. The van der Waals surface area contributed by atoms with Crippen LogP contribution in [0.3, 0.4) is 0 Å². The van der Waals surface area contributed by atoms with Crippen molar-refractivity contribution in [2.24, 2.45) is 0 Å². The number of aromatic nitrogens is 5. The van der Waals surface area contributed by atoms with Gasteiger partial charge in [-0.2, -0.15) is 0 Å². The van der Waals surface area contributed by atoms with Crippen LogP contribution in [0.2, 0.25) is 0 Å². The first-order valence-electron chi connectivity index (χ1n) is 16.3. The number of likely N-dealkylation sites (tertiary alicyclic amines) is 2. The number of ether oxygens (including phenoxy) is 2. The van der Waals surface area contributed by atoms with Crippen molar-refractivity contribution in [1.29, 1.82) is 0 Å². The molecule has 2 fully saturated rings. The Morgan fingerprint density at radius 1 is 0.809 bits per heavy atom. The number of carbonyl (C=O) groups is 2. The Kier molecular flexibility index (Phi) is 7.73. The molecule has 12 heteroatoms. The smallest absolute Gasteiger partial charge is 0.410 e. The van der Waals surface area contributed by atoms with Gasteiger partial charge in [0.15, 0.2) is 0 Å². The molecule has 2 aliphatic heterocycles. The molecule has 5 aromatic rings. The third kappa shape index (κ3) is 6.30. The first kappa shape index (κ1) is 31.2. The lowest BCUT2D eigenvalue weighted by molar-refractivity contribution is 0.0208. The number of amides is 2. The van der Waals surface area contributed by atoms with E-state index in [1.165, 1.54) is 0 Å². The SMILES string of the molecule is CC(C)(C)OC(=O)N1CCCC1c1ncc(-c2ccc3c(ccc4sc(-c5cnc(C6CCCN6C(=O)OC(C)(C)C)[nH]5)nc43)c2)[nH]1. The number of nitrogens with zero attached hydrogens (tertiary/aromatic N) is 5. The predicted octanol–water partition coefficient (Wildman–Crippen LogP) is 8.37. The number of H-pyrrole nitrogens is 2. The van der Waals surface area contributed by atoms with Crippen LogP contribution >= 0.6 is 11.3 Å². The van der Waals surface area contributed by atoms with Gasteiger partial charge >= 0.3 is 12.2 Å². The molecule has 2 amide bonds. The van der Waals surface area contributed by atoms with E-state index in [9.17, 15) is 9.59 Å². The third-order valence-electron chi connectivity index (χ3n) is 8.50. The molecule has 2 saturated heterocycles. The van der Waals surface area contributed by atoms with Gasteiger partial charge in [-0.15, -0.1) is 11.3 Å². The fraction of sp³-hybridized carbons (Fsp3) is 0.457. The standard InChI is InChI=1S/C35H41N7O4S/c1-34(2,3)45-32(43)41-15-7-9-25(41)29-36-18-23(38-29)21-11-13-22-20(17-21)12-14-27-28(22)40-31(47-27)24-19-37-30(39-24)26-10-8-16-42(26)33(44)46-35(4,5)6/h11-14,17-19,25-26H,7-10,15-16H2,1-6H3,(H,36,38)(H,37,39). The minimum atomic E-state index is -0.551. The fourth-order valence-corrected chi connectivity index (χ4v) is 7.40. The second kappa shape index (κ2) is 11.7. The van der Waals surface area contributed by atoms with Gasteiger partial charge in [-0.3, -0.25) is 9.80 Å². The summed E-state index contributed by atoms with van der Waals surface area (Å²) in [7, 11) is 0. The number of hydrogen-bond acceptors (Lipinski definition) is 8. The zero-order chi connectivity index (χ0) is 33.1. The van der Waals surface area contributed by atoms with Gasteiger partial charge in [0, 0.05) is 24.0 Å². The highest BCUT2D eigenvalue weighted by Gasteiger charge is 2.36. The molecule has 2 aliphatic rings. The van der Waals surface area contributed by atoms with Gasteiger partial charge in [0.2, 0.25) is 0 Å². The number of nitrogens with one attached hydrogen (secondary N) is 2. The maximum absolute atomic E-state index is 12.8. The van der Waals surface area contributed by atoms with Crippen molar-refractivity contribution < 1.29 is 19.1 Å². The molecule has 11 nitrogen and oxygen atoms in total. The minimum Gasteiger partial charge on any atom is -0.444 e. The molecular formula is C35H41N7O4S. The van der Waals surface area contributed by atoms with Crippen molar-refractivity contribution in [3.8, 4) is 22.0 Å². The third-order valence-corrected chi connectivity index (χ3v) is 9.55. The summed E-state index contributed by atoms with van der Waals surface area (Å²) in [5.74, 6) is 1.52. The molecule has 2 N–H and O–H groups in total. The largest absolute Gasteiger partial charge is 0.444 e. The van der Waals surface area contributed by atoms with E-state index in [-0.39, 0.29) is 24.3 Å². The van der Waals surface area contributed by atoms with Crippen LogP contribution in [0.4, 0.5) is 9.59 Å². The Morgan fingerprint density at radius 3 is 1.98 bits per heavy atom. The Balaban J connectivity index is 1.11. The molecule has 5 heterocycles. The maximum atomic E-state index is 12.8. The highest BCUT2D eigenvalue weighted by atomic mass is 32.1. The Hall–Kier alpha value is -4.45. The van der Waals surface area contributed by atoms with E-state index in [2.05, 4.69) is 50.3 Å². The highest BCUT2D eigenvalue weighted by molar-refractivity contribution is 7.21. The number of aromatic amines is 2. The maximum Gasteiger partial charge on any atom is 0.410 e. The summed E-state index contributed by atoms with van der Waals surface area (Å²) in [5.41, 5.74) is 2.58. The van der Waals surface area contributed by atoms with E-state index < -0.39 is 11.2 Å². The van der Waals surface area contributed by atoms with Gasteiger partial charge in [-0.1, -0.05) is 18.2 Å². The lowest BCUT2D eigenvalue weighted by Gasteiger charge is -2.27. The summed E-state index contributed by atoms with van der Waals surface area (Å²) >= 11 is 1.61.